The second kappa shape index (κ2) is 8.11. The van der Waals surface area contributed by atoms with Crippen molar-refractivity contribution in [2.45, 2.75) is 70.0 Å². The smallest absolute Gasteiger partial charge is 0.273 e. The van der Waals surface area contributed by atoms with E-state index in [-0.39, 0.29) is 11.9 Å². The van der Waals surface area contributed by atoms with Crippen molar-refractivity contribution < 1.29 is 9.32 Å². The SMILES string of the molecule is CC1CN(SN2CCC(NC(=O)c3cc(C4CC4)on3)CC2C)CCC1N. The molecule has 1 saturated carbocycles. The molecule has 0 aromatic carbocycles. The number of nitrogens with two attached hydrogens (primary N) is 1. The van der Waals surface area contributed by atoms with Gasteiger partial charge in [0.05, 0.1) is 0 Å². The molecule has 3 heterocycles. The zero-order valence-electron chi connectivity index (χ0n) is 16.3. The first-order valence-electron chi connectivity index (χ1n) is 10.2. The summed E-state index contributed by atoms with van der Waals surface area (Å²) in [5.74, 6) is 1.77. The van der Waals surface area contributed by atoms with Crippen LogP contribution in [-0.2, 0) is 0 Å². The predicted molar refractivity (Wildman–Crippen MR) is 106 cm³/mol. The monoisotopic (exact) mass is 393 g/mol. The zero-order valence-corrected chi connectivity index (χ0v) is 17.1. The average Bonchev–Trinajstić information content (AvgIpc) is 3.37. The van der Waals surface area contributed by atoms with Gasteiger partial charge in [0, 0.05) is 61.9 Å². The highest BCUT2D eigenvalue weighted by Gasteiger charge is 2.32. The number of nitrogens with one attached hydrogen (secondary N) is 1. The largest absolute Gasteiger partial charge is 0.360 e. The highest BCUT2D eigenvalue weighted by Crippen LogP contribution is 2.40. The van der Waals surface area contributed by atoms with Gasteiger partial charge in [0.2, 0.25) is 0 Å². The summed E-state index contributed by atoms with van der Waals surface area (Å²) in [6.45, 7) is 7.55. The minimum absolute atomic E-state index is 0.109. The Bertz CT molecular complexity index is 664. The summed E-state index contributed by atoms with van der Waals surface area (Å²) in [6.07, 6.45) is 5.27. The first-order chi connectivity index (χ1) is 13.0. The van der Waals surface area contributed by atoms with Crippen LogP contribution in [0.3, 0.4) is 0 Å². The van der Waals surface area contributed by atoms with Gasteiger partial charge in [-0.2, -0.15) is 0 Å². The number of amides is 1. The third kappa shape index (κ3) is 4.67. The highest BCUT2D eigenvalue weighted by molar-refractivity contribution is 7.94. The lowest BCUT2D eigenvalue weighted by atomic mass is 9.96. The van der Waals surface area contributed by atoms with Crippen molar-refractivity contribution in [1.82, 2.24) is 19.1 Å². The Morgan fingerprint density at radius 1 is 1.30 bits per heavy atom. The van der Waals surface area contributed by atoms with Gasteiger partial charge in [-0.3, -0.25) is 4.79 Å². The van der Waals surface area contributed by atoms with Gasteiger partial charge in [-0.15, -0.1) is 0 Å². The molecule has 7 nitrogen and oxygen atoms in total. The first-order valence-corrected chi connectivity index (χ1v) is 11.0. The molecule has 1 aliphatic carbocycles. The number of piperidine rings is 2. The van der Waals surface area contributed by atoms with Gasteiger partial charge in [0.15, 0.2) is 5.69 Å². The molecule has 2 saturated heterocycles. The third-order valence-electron chi connectivity index (χ3n) is 6.05. The molecular weight excluding hydrogens is 362 g/mol. The Hall–Kier alpha value is -1.09. The quantitative estimate of drug-likeness (QED) is 0.743. The topological polar surface area (TPSA) is 87.6 Å². The molecular formula is C19H31N5O2S. The molecule has 27 heavy (non-hydrogen) atoms. The molecule has 4 unspecified atom stereocenters. The Kier molecular flexibility index (Phi) is 5.78. The molecule has 4 rings (SSSR count). The molecule has 1 aromatic rings. The molecule has 1 amide bonds. The van der Waals surface area contributed by atoms with Crippen molar-refractivity contribution in [2.75, 3.05) is 19.6 Å². The molecule has 0 radical (unpaired) electrons. The Morgan fingerprint density at radius 3 is 2.81 bits per heavy atom. The van der Waals surface area contributed by atoms with Crippen LogP contribution >= 0.6 is 12.1 Å². The maximum Gasteiger partial charge on any atom is 0.273 e. The molecule has 3 N–H and O–H groups in total. The lowest BCUT2D eigenvalue weighted by Crippen LogP contribution is -2.49. The predicted octanol–water partition coefficient (Wildman–Crippen LogP) is 2.37. The number of aromatic nitrogens is 1. The second-order valence-corrected chi connectivity index (χ2v) is 9.62. The van der Waals surface area contributed by atoms with Gasteiger partial charge in [0.1, 0.15) is 5.76 Å². The molecule has 4 atom stereocenters. The van der Waals surface area contributed by atoms with E-state index in [4.69, 9.17) is 10.3 Å². The van der Waals surface area contributed by atoms with Crippen LogP contribution in [0.1, 0.15) is 68.1 Å². The molecule has 0 bridgehead atoms. The van der Waals surface area contributed by atoms with E-state index in [1.165, 1.54) is 0 Å². The summed E-state index contributed by atoms with van der Waals surface area (Å²) in [5, 5.41) is 7.10. The molecule has 1 aromatic heterocycles. The number of rotatable bonds is 5. The van der Waals surface area contributed by atoms with Gasteiger partial charge in [-0.1, -0.05) is 12.1 Å². The van der Waals surface area contributed by atoms with Crippen LogP contribution in [0.25, 0.3) is 0 Å². The summed E-state index contributed by atoms with van der Waals surface area (Å²) >= 11 is 1.86. The van der Waals surface area contributed by atoms with Crippen molar-refractivity contribution in [2.24, 2.45) is 11.7 Å². The minimum atomic E-state index is -0.109. The van der Waals surface area contributed by atoms with Crippen LogP contribution in [0.15, 0.2) is 10.6 Å². The zero-order chi connectivity index (χ0) is 19.0. The normalized spacial score (nSPS) is 33.1. The number of carbonyl (C=O) groups excluding carboxylic acids is 1. The standard InChI is InChI=1S/C19H31N5O2S/c1-12-11-23(7-6-16(12)20)27-24-8-5-15(9-13(24)2)21-19(25)17-10-18(26-22-17)14-3-4-14/h10,12-16H,3-9,11,20H2,1-2H3,(H,21,25). The van der Waals surface area contributed by atoms with E-state index < -0.39 is 0 Å². The molecule has 8 heteroatoms. The molecule has 3 fully saturated rings. The van der Waals surface area contributed by atoms with E-state index in [1.54, 1.807) is 0 Å². The van der Waals surface area contributed by atoms with E-state index in [1.807, 2.05) is 18.2 Å². The number of carbonyl (C=O) groups is 1. The lowest BCUT2D eigenvalue weighted by molar-refractivity contribution is 0.0905. The van der Waals surface area contributed by atoms with Gasteiger partial charge >= 0.3 is 0 Å². The van der Waals surface area contributed by atoms with E-state index in [2.05, 4.69) is 32.9 Å². The lowest BCUT2D eigenvalue weighted by Gasteiger charge is -2.41. The van der Waals surface area contributed by atoms with Crippen molar-refractivity contribution in [3.8, 4) is 0 Å². The maximum absolute atomic E-state index is 12.5. The fraction of sp³-hybridized carbons (Fsp3) is 0.789. The minimum Gasteiger partial charge on any atom is -0.360 e. The highest BCUT2D eigenvalue weighted by atomic mass is 32.2. The fourth-order valence-corrected chi connectivity index (χ4v) is 5.19. The first kappa shape index (κ1) is 19.2. The van der Waals surface area contributed by atoms with E-state index in [0.717, 1.165) is 57.5 Å². The summed E-state index contributed by atoms with van der Waals surface area (Å²) in [7, 11) is 0. The fourth-order valence-electron chi connectivity index (χ4n) is 3.97. The Balaban J connectivity index is 1.25. The molecule has 2 aliphatic heterocycles. The van der Waals surface area contributed by atoms with E-state index in [9.17, 15) is 4.79 Å². The second-order valence-electron chi connectivity index (χ2n) is 8.47. The summed E-state index contributed by atoms with van der Waals surface area (Å²) in [6, 6.07) is 2.75. The molecule has 150 valence electrons. The Morgan fingerprint density at radius 2 is 2.11 bits per heavy atom. The van der Waals surface area contributed by atoms with Crippen molar-refractivity contribution in [3.05, 3.63) is 17.5 Å². The summed E-state index contributed by atoms with van der Waals surface area (Å²) in [4.78, 5) is 12.5. The van der Waals surface area contributed by atoms with E-state index in [0.29, 0.717) is 29.6 Å². The van der Waals surface area contributed by atoms with Gasteiger partial charge in [0.25, 0.3) is 5.91 Å². The summed E-state index contributed by atoms with van der Waals surface area (Å²) in [5.41, 5.74) is 6.55. The number of nitrogens with zero attached hydrogens (tertiary/aromatic N) is 3. The van der Waals surface area contributed by atoms with Crippen LogP contribution < -0.4 is 11.1 Å². The maximum atomic E-state index is 12.5. The van der Waals surface area contributed by atoms with Crippen LogP contribution in [0, 0.1) is 5.92 Å². The molecule has 0 spiro atoms. The van der Waals surface area contributed by atoms with Crippen LogP contribution in [0.4, 0.5) is 0 Å². The van der Waals surface area contributed by atoms with Crippen LogP contribution in [0.5, 0.6) is 0 Å². The van der Waals surface area contributed by atoms with Gasteiger partial charge < -0.3 is 15.6 Å². The van der Waals surface area contributed by atoms with Gasteiger partial charge in [-0.05, 0) is 44.9 Å². The number of hydrogen-bond donors (Lipinski definition) is 2. The van der Waals surface area contributed by atoms with E-state index >= 15 is 0 Å². The molecule has 3 aliphatic rings. The third-order valence-corrected chi connectivity index (χ3v) is 7.36. The average molecular weight is 394 g/mol. The number of hydrogen-bond acceptors (Lipinski definition) is 7. The van der Waals surface area contributed by atoms with Crippen molar-refractivity contribution >= 4 is 18.0 Å². The Labute approximate surface area is 165 Å². The van der Waals surface area contributed by atoms with Crippen LogP contribution in [-0.4, -0.2) is 57.4 Å². The van der Waals surface area contributed by atoms with Crippen LogP contribution in [0.2, 0.25) is 0 Å². The summed E-state index contributed by atoms with van der Waals surface area (Å²) < 4.78 is 10.2. The van der Waals surface area contributed by atoms with Crippen molar-refractivity contribution in [3.63, 3.8) is 0 Å². The van der Waals surface area contributed by atoms with Gasteiger partial charge in [-0.25, -0.2) is 8.61 Å². The van der Waals surface area contributed by atoms with Crippen molar-refractivity contribution in [1.29, 1.82) is 0 Å².